The largest absolute Gasteiger partial charge is 0.355 e. The average molecular weight is 322 g/mol. The van der Waals surface area contributed by atoms with Crippen LogP contribution in [0.5, 0.6) is 0 Å². The number of aryl methyl sites for hydroxylation is 3. The summed E-state index contributed by atoms with van der Waals surface area (Å²) < 4.78 is 0. The van der Waals surface area contributed by atoms with Crippen LogP contribution in [-0.2, 0) is 12.8 Å². The van der Waals surface area contributed by atoms with E-state index in [1.165, 1.54) is 53.7 Å². The Kier molecular flexibility index (Phi) is 3.25. The summed E-state index contributed by atoms with van der Waals surface area (Å²) in [6.07, 6.45) is 5.24. The van der Waals surface area contributed by atoms with Gasteiger partial charge in [0.1, 0.15) is 8.07 Å². The molecule has 1 nitrogen and oxygen atoms in total. The SMILES string of the molecule is Cc1cc(C)c2c(c1)[Si](C)(C)c1cc3c(c(C)c1N2)CCCC3. The Hall–Kier alpha value is -1.54. The Balaban J connectivity index is 2.00. The van der Waals surface area contributed by atoms with Crippen LogP contribution in [0.15, 0.2) is 18.2 Å². The molecule has 1 aliphatic carbocycles. The van der Waals surface area contributed by atoms with Crippen molar-refractivity contribution >= 4 is 29.8 Å². The molecule has 4 rings (SSSR count). The van der Waals surface area contributed by atoms with Crippen molar-refractivity contribution in [2.75, 3.05) is 5.32 Å². The Morgan fingerprint density at radius 3 is 2.35 bits per heavy atom. The highest BCUT2D eigenvalue weighted by Crippen LogP contribution is 2.35. The minimum atomic E-state index is -1.65. The molecule has 2 aliphatic rings. The van der Waals surface area contributed by atoms with E-state index in [9.17, 15) is 0 Å². The second kappa shape index (κ2) is 4.97. The van der Waals surface area contributed by atoms with Crippen molar-refractivity contribution in [1.29, 1.82) is 0 Å². The Bertz CT molecular complexity index is 817. The zero-order valence-electron chi connectivity index (χ0n) is 15.1. The maximum Gasteiger partial charge on any atom is 0.117 e. The lowest BCUT2D eigenvalue weighted by molar-refractivity contribution is 0.683. The van der Waals surface area contributed by atoms with Crippen LogP contribution in [0.4, 0.5) is 11.4 Å². The highest BCUT2D eigenvalue weighted by Gasteiger charge is 2.37. The normalized spacial score (nSPS) is 17.8. The molecule has 0 saturated heterocycles. The van der Waals surface area contributed by atoms with E-state index in [-0.39, 0.29) is 0 Å². The molecule has 0 bridgehead atoms. The van der Waals surface area contributed by atoms with E-state index in [4.69, 9.17) is 0 Å². The van der Waals surface area contributed by atoms with Crippen LogP contribution in [0.3, 0.4) is 0 Å². The minimum absolute atomic E-state index is 1.26. The van der Waals surface area contributed by atoms with Crippen molar-refractivity contribution in [2.24, 2.45) is 0 Å². The van der Waals surface area contributed by atoms with Crippen LogP contribution in [0.2, 0.25) is 13.1 Å². The number of hydrogen-bond donors (Lipinski definition) is 1. The molecule has 0 aromatic heterocycles. The summed E-state index contributed by atoms with van der Waals surface area (Å²) in [4.78, 5) is 0. The van der Waals surface area contributed by atoms with Gasteiger partial charge in [0.2, 0.25) is 0 Å². The average Bonchev–Trinajstić information content (AvgIpc) is 2.50. The molecule has 1 heterocycles. The minimum Gasteiger partial charge on any atom is -0.355 e. The molecule has 0 saturated carbocycles. The van der Waals surface area contributed by atoms with E-state index in [0.29, 0.717) is 0 Å². The summed E-state index contributed by atoms with van der Waals surface area (Å²) in [5.74, 6) is 0. The molecule has 0 radical (unpaired) electrons. The third-order valence-electron chi connectivity index (χ3n) is 6.00. The van der Waals surface area contributed by atoms with Gasteiger partial charge >= 0.3 is 0 Å². The second-order valence-corrected chi connectivity index (χ2v) is 12.4. The van der Waals surface area contributed by atoms with Crippen molar-refractivity contribution in [3.63, 3.8) is 0 Å². The van der Waals surface area contributed by atoms with E-state index in [0.717, 1.165) is 0 Å². The standard InChI is InChI=1S/C21H27NSi/c1-13-10-14(2)20-18(11-13)23(4,5)19-12-16-8-6-7-9-17(16)15(3)21(19)22-20/h10-12,22H,6-9H2,1-5H3. The monoisotopic (exact) mass is 321 g/mol. The van der Waals surface area contributed by atoms with E-state index < -0.39 is 8.07 Å². The van der Waals surface area contributed by atoms with Gasteiger partial charge in [-0.25, -0.2) is 0 Å². The third-order valence-corrected chi connectivity index (χ3v) is 9.48. The van der Waals surface area contributed by atoms with Crippen LogP contribution >= 0.6 is 0 Å². The molecule has 0 atom stereocenters. The van der Waals surface area contributed by atoms with Gasteiger partial charge in [-0.1, -0.05) is 36.9 Å². The van der Waals surface area contributed by atoms with Gasteiger partial charge in [0.25, 0.3) is 0 Å². The van der Waals surface area contributed by atoms with Gasteiger partial charge in [0.15, 0.2) is 0 Å². The van der Waals surface area contributed by atoms with Crippen molar-refractivity contribution in [3.8, 4) is 0 Å². The van der Waals surface area contributed by atoms with Crippen LogP contribution in [0.1, 0.15) is 40.7 Å². The molecule has 2 aromatic carbocycles. The van der Waals surface area contributed by atoms with Gasteiger partial charge in [-0.15, -0.1) is 0 Å². The lowest BCUT2D eigenvalue weighted by Gasteiger charge is -2.38. The van der Waals surface area contributed by atoms with Crippen LogP contribution in [0, 0.1) is 20.8 Å². The quantitative estimate of drug-likeness (QED) is 0.711. The molecule has 0 unspecified atom stereocenters. The Morgan fingerprint density at radius 1 is 0.870 bits per heavy atom. The number of nitrogens with one attached hydrogen (secondary N) is 1. The number of rotatable bonds is 0. The van der Waals surface area contributed by atoms with Crippen molar-refractivity contribution in [3.05, 3.63) is 46.0 Å². The lowest BCUT2D eigenvalue weighted by Crippen LogP contribution is -2.57. The van der Waals surface area contributed by atoms with Crippen molar-refractivity contribution < 1.29 is 0 Å². The van der Waals surface area contributed by atoms with E-state index >= 15 is 0 Å². The third kappa shape index (κ3) is 2.11. The first kappa shape index (κ1) is 15.0. The predicted octanol–water partition coefficient (Wildman–Crippen LogP) is 4.37. The lowest BCUT2D eigenvalue weighted by atomic mass is 9.87. The highest BCUT2D eigenvalue weighted by atomic mass is 28.3. The molecular weight excluding hydrogens is 294 g/mol. The zero-order valence-corrected chi connectivity index (χ0v) is 16.1. The summed E-state index contributed by atoms with van der Waals surface area (Å²) in [5.41, 5.74) is 10.4. The van der Waals surface area contributed by atoms with Crippen LogP contribution in [0.25, 0.3) is 0 Å². The van der Waals surface area contributed by atoms with Gasteiger partial charge in [0, 0.05) is 11.4 Å². The fraction of sp³-hybridized carbons (Fsp3) is 0.429. The first-order valence-electron chi connectivity index (χ1n) is 8.94. The molecule has 0 fully saturated rings. The van der Waals surface area contributed by atoms with Crippen LogP contribution in [-0.4, -0.2) is 8.07 Å². The Morgan fingerprint density at radius 2 is 1.57 bits per heavy atom. The summed E-state index contributed by atoms with van der Waals surface area (Å²) >= 11 is 0. The molecule has 0 amide bonds. The summed E-state index contributed by atoms with van der Waals surface area (Å²) in [7, 11) is -1.65. The molecule has 1 aliphatic heterocycles. The van der Waals surface area contributed by atoms with Crippen LogP contribution < -0.4 is 15.7 Å². The first-order chi connectivity index (χ1) is 10.9. The molecular formula is C21H27NSi. The second-order valence-electron chi connectivity index (χ2n) is 8.02. The molecule has 2 heteroatoms. The van der Waals surface area contributed by atoms with Gasteiger partial charge < -0.3 is 5.32 Å². The van der Waals surface area contributed by atoms with Gasteiger partial charge in [-0.05, 0) is 79.1 Å². The fourth-order valence-electron chi connectivity index (χ4n) is 4.67. The smallest absolute Gasteiger partial charge is 0.117 e. The van der Waals surface area contributed by atoms with E-state index in [1.807, 2.05) is 0 Å². The zero-order chi connectivity index (χ0) is 16.4. The summed E-state index contributed by atoms with van der Waals surface area (Å²) in [6.45, 7) is 11.9. The summed E-state index contributed by atoms with van der Waals surface area (Å²) in [5, 5.41) is 7.04. The van der Waals surface area contributed by atoms with E-state index in [1.54, 1.807) is 21.5 Å². The molecule has 0 spiro atoms. The van der Waals surface area contributed by atoms with E-state index in [2.05, 4.69) is 57.4 Å². The number of fused-ring (bicyclic) bond motifs is 3. The van der Waals surface area contributed by atoms with Crippen molar-refractivity contribution in [2.45, 2.75) is 59.5 Å². The van der Waals surface area contributed by atoms with Gasteiger partial charge in [0.05, 0.1) is 0 Å². The first-order valence-corrected chi connectivity index (χ1v) is 11.9. The number of hydrogen-bond acceptors (Lipinski definition) is 1. The van der Waals surface area contributed by atoms with Crippen molar-refractivity contribution in [1.82, 2.24) is 0 Å². The predicted molar refractivity (Wildman–Crippen MR) is 104 cm³/mol. The fourth-order valence-corrected chi connectivity index (χ4v) is 7.84. The maximum atomic E-state index is 3.84. The maximum absolute atomic E-state index is 3.84. The highest BCUT2D eigenvalue weighted by molar-refractivity contribution is 7.02. The molecule has 1 N–H and O–H groups in total. The summed E-state index contributed by atoms with van der Waals surface area (Å²) in [6, 6.07) is 7.31. The topological polar surface area (TPSA) is 12.0 Å². The molecule has 120 valence electrons. The Labute approximate surface area is 141 Å². The molecule has 23 heavy (non-hydrogen) atoms. The molecule has 2 aromatic rings. The van der Waals surface area contributed by atoms with Gasteiger partial charge in [-0.2, -0.15) is 0 Å². The van der Waals surface area contributed by atoms with Gasteiger partial charge in [-0.3, -0.25) is 0 Å². The number of benzene rings is 2. The number of anilines is 2.